The highest BCUT2D eigenvalue weighted by atomic mass is 79.9. The summed E-state index contributed by atoms with van der Waals surface area (Å²) in [5.74, 6) is -0.965. The van der Waals surface area contributed by atoms with Crippen molar-refractivity contribution in [3.8, 4) is 0 Å². The molecular weight excluding hydrogens is 304 g/mol. The molecule has 6 nitrogen and oxygen atoms in total. The summed E-state index contributed by atoms with van der Waals surface area (Å²) in [5, 5.41) is 22.6. The fourth-order valence-corrected chi connectivity index (χ4v) is 1.90. The molecule has 0 radical (unpaired) electrons. The van der Waals surface area contributed by atoms with Gasteiger partial charge in [0.15, 0.2) is 0 Å². The lowest BCUT2D eigenvalue weighted by Crippen LogP contribution is -2.33. The van der Waals surface area contributed by atoms with Crippen molar-refractivity contribution >= 4 is 33.3 Å². The van der Waals surface area contributed by atoms with E-state index in [4.69, 9.17) is 5.11 Å². The number of nitro groups is 1. The van der Waals surface area contributed by atoms with Gasteiger partial charge in [-0.1, -0.05) is 15.9 Å². The average molecular weight is 317 g/mol. The van der Waals surface area contributed by atoms with Crippen LogP contribution in [0.1, 0.15) is 20.3 Å². The number of hydrogen-bond acceptors (Lipinski definition) is 4. The van der Waals surface area contributed by atoms with Crippen LogP contribution in [0.3, 0.4) is 0 Å². The largest absolute Gasteiger partial charge is 0.481 e. The van der Waals surface area contributed by atoms with Crippen molar-refractivity contribution in [3.63, 3.8) is 0 Å². The van der Waals surface area contributed by atoms with Gasteiger partial charge in [0.25, 0.3) is 5.69 Å². The highest BCUT2D eigenvalue weighted by molar-refractivity contribution is 9.10. The minimum Gasteiger partial charge on any atom is -0.481 e. The number of nitrogens with zero attached hydrogens (tertiary/aromatic N) is 1. The minimum atomic E-state index is -0.965. The number of rotatable bonds is 5. The first-order valence-corrected chi connectivity index (χ1v) is 5.94. The first-order valence-electron chi connectivity index (χ1n) is 5.15. The number of benzene rings is 1. The number of carboxylic acid groups (broad SMARTS) is 1. The Balaban J connectivity index is 3.03. The molecule has 0 amide bonds. The number of anilines is 1. The van der Waals surface area contributed by atoms with Crippen LogP contribution in [0, 0.1) is 10.1 Å². The van der Waals surface area contributed by atoms with Crippen LogP contribution in [0.15, 0.2) is 22.7 Å². The van der Waals surface area contributed by atoms with E-state index in [1.54, 1.807) is 26.0 Å². The van der Waals surface area contributed by atoms with Crippen LogP contribution in [0.5, 0.6) is 0 Å². The van der Waals surface area contributed by atoms with Gasteiger partial charge in [-0.05, 0) is 26.0 Å². The normalized spacial score (nSPS) is 11.1. The third kappa shape index (κ3) is 3.99. The fraction of sp³-hybridized carbons (Fsp3) is 0.364. The predicted molar refractivity (Wildman–Crippen MR) is 70.8 cm³/mol. The molecule has 0 spiro atoms. The summed E-state index contributed by atoms with van der Waals surface area (Å²) >= 11 is 3.16. The Labute approximate surface area is 112 Å². The molecule has 7 heteroatoms. The number of nitrogens with one attached hydrogen (secondary N) is 1. The van der Waals surface area contributed by atoms with Crippen LogP contribution in [-0.4, -0.2) is 21.5 Å². The van der Waals surface area contributed by atoms with Crippen LogP contribution in [0.4, 0.5) is 11.4 Å². The van der Waals surface area contributed by atoms with Gasteiger partial charge in [-0.2, -0.15) is 0 Å². The van der Waals surface area contributed by atoms with E-state index in [1.807, 2.05) is 0 Å². The van der Waals surface area contributed by atoms with Gasteiger partial charge in [-0.25, -0.2) is 0 Å². The van der Waals surface area contributed by atoms with Crippen LogP contribution in [0.2, 0.25) is 0 Å². The number of hydrogen-bond donors (Lipinski definition) is 2. The summed E-state index contributed by atoms with van der Waals surface area (Å²) < 4.78 is 0.593. The van der Waals surface area contributed by atoms with Gasteiger partial charge in [-0.3, -0.25) is 14.9 Å². The molecule has 0 aliphatic rings. The molecule has 0 saturated heterocycles. The minimum absolute atomic E-state index is 0.0946. The maximum atomic E-state index is 10.9. The number of carboxylic acids is 1. The van der Waals surface area contributed by atoms with Crippen LogP contribution in [0.25, 0.3) is 0 Å². The Morgan fingerprint density at radius 3 is 2.67 bits per heavy atom. The SMILES string of the molecule is CC(C)(CC(=O)O)Nc1ccc(Br)cc1[N+](=O)[O-]. The highest BCUT2D eigenvalue weighted by Gasteiger charge is 2.25. The zero-order valence-corrected chi connectivity index (χ0v) is 11.5. The van der Waals surface area contributed by atoms with Crippen molar-refractivity contribution in [1.82, 2.24) is 0 Å². The maximum absolute atomic E-state index is 10.9. The fourth-order valence-electron chi connectivity index (χ4n) is 1.55. The summed E-state index contributed by atoms with van der Waals surface area (Å²) in [5.41, 5.74) is -0.568. The Bertz CT molecular complexity index is 488. The van der Waals surface area contributed by atoms with E-state index < -0.39 is 16.4 Å². The standard InChI is InChI=1S/C11H13BrN2O4/c1-11(2,6-10(15)16)13-8-4-3-7(12)5-9(8)14(17)18/h3-5,13H,6H2,1-2H3,(H,15,16). The van der Waals surface area contributed by atoms with Crippen LogP contribution >= 0.6 is 15.9 Å². The zero-order chi connectivity index (χ0) is 13.9. The molecule has 0 bridgehead atoms. The summed E-state index contributed by atoms with van der Waals surface area (Å²) in [6, 6.07) is 4.58. The molecule has 0 saturated carbocycles. The quantitative estimate of drug-likeness (QED) is 0.643. The smallest absolute Gasteiger partial charge is 0.305 e. The van der Waals surface area contributed by atoms with Crippen molar-refractivity contribution < 1.29 is 14.8 Å². The molecular formula is C11H13BrN2O4. The third-order valence-electron chi connectivity index (χ3n) is 2.22. The molecule has 0 atom stereocenters. The van der Waals surface area contributed by atoms with Crippen molar-refractivity contribution in [3.05, 3.63) is 32.8 Å². The molecule has 0 unspecified atom stereocenters. The summed E-state index contributed by atoms with van der Waals surface area (Å²) in [6.45, 7) is 3.35. The van der Waals surface area contributed by atoms with Gasteiger partial charge in [-0.15, -0.1) is 0 Å². The van der Waals surface area contributed by atoms with Crippen molar-refractivity contribution in [1.29, 1.82) is 0 Å². The Morgan fingerprint density at radius 2 is 2.17 bits per heavy atom. The van der Waals surface area contributed by atoms with Crippen molar-refractivity contribution in [2.75, 3.05) is 5.32 Å². The summed E-state index contributed by atoms with van der Waals surface area (Å²) in [4.78, 5) is 21.1. The lowest BCUT2D eigenvalue weighted by atomic mass is 10.00. The monoisotopic (exact) mass is 316 g/mol. The molecule has 0 aromatic heterocycles. The average Bonchev–Trinajstić information content (AvgIpc) is 2.18. The maximum Gasteiger partial charge on any atom is 0.305 e. The van der Waals surface area contributed by atoms with Gasteiger partial charge in [0, 0.05) is 16.1 Å². The molecule has 1 aromatic carbocycles. The first kappa shape index (κ1) is 14.4. The Hall–Kier alpha value is -1.63. The van der Waals surface area contributed by atoms with Gasteiger partial charge in [0.05, 0.1) is 11.3 Å². The molecule has 0 fully saturated rings. The molecule has 1 aromatic rings. The number of carbonyl (C=O) groups is 1. The van der Waals surface area contributed by atoms with E-state index in [9.17, 15) is 14.9 Å². The molecule has 2 N–H and O–H groups in total. The van der Waals surface area contributed by atoms with Crippen molar-refractivity contribution in [2.24, 2.45) is 0 Å². The van der Waals surface area contributed by atoms with Gasteiger partial charge >= 0.3 is 5.97 Å². The molecule has 18 heavy (non-hydrogen) atoms. The van der Waals surface area contributed by atoms with E-state index in [0.29, 0.717) is 10.2 Å². The Morgan fingerprint density at radius 1 is 1.56 bits per heavy atom. The lowest BCUT2D eigenvalue weighted by Gasteiger charge is -2.25. The molecule has 1 rings (SSSR count). The predicted octanol–water partition coefficient (Wildman–Crippen LogP) is 3.02. The topological polar surface area (TPSA) is 92.5 Å². The Kier molecular flexibility index (Phi) is 4.28. The molecule has 0 heterocycles. The van der Waals surface area contributed by atoms with E-state index in [-0.39, 0.29) is 12.1 Å². The molecule has 0 aliphatic carbocycles. The number of aliphatic carboxylic acids is 1. The number of nitro benzene ring substituents is 1. The van der Waals surface area contributed by atoms with Crippen molar-refractivity contribution in [2.45, 2.75) is 25.8 Å². The molecule has 0 aliphatic heterocycles. The summed E-state index contributed by atoms with van der Waals surface area (Å²) in [6.07, 6.45) is -0.139. The van der Waals surface area contributed by atoms with E-state index in [2.05, 4.69) is 21.2 Å². The van der Waals surface area contributed by atoms with E-state index >= 15 is 0 Å². The van der Waals surface area contributed by atoms with Gasteiger partial charge in [0.1, 0.15) is 5.69 Å². The number of halogens is 1. The zero-order valence-electron chi connectivity index (χ0n) is 9.94. The van der Waals surface area contributed by atoms with E-state index in [1.165, 1.54) is 6.07 Å². The van der Waals surface area contributed by atoms with Crippen LogP contribution in [-0.2, 0) is 4.79 Å². The first-order chi connectivity index (χ1) is 8.21. The third-order valence-corrected chi connectivity index (χ3v) is 2.72. The van der Waals surface area contributed by atoms with Gasteiger partial charge < -0.3 is 10.4 Å². The molecule has 98 valence electrons. The second kappa shape index (κ2) is 5.34. The van der Waals surface area contributed by atoms with E-state index in [0.717, 1.165) is 0 Å². The second-order valence-electron chi connectivity index (χ2n) is 4.50. The van der Waals surface area contributed by atoms with Gasteiger partial charge in [0.2, 0.25) is 0 Å². The highest BCUT2D eigenvalue weighted by Crippen LogP contribution is 2.30. The summed E-state index contributed by atoms with van der Waals surface area (Å²) in [7, 11) is 0. The second-order valence-corrected chi connectivity index (χ2v) is 5.41. The lowest BCUT2D eigenvalue weighted by molar-refractivity contribution is -0.384. The van der Waals surface area contributed by atoms with Crippen LogP contribution < -0.4 is 5.32 Å².